The Kier molecular flexibility index (Phi) is 3.74. The number of hydrogen-bond donors (Lipinski definition) is 1. The van der Waals surface area contributed by atoms with Crippen molar-refractivity contribution >= 4 is 22.4 Å². The van der Waals surface area contributed by atoms with Gasteiger partial charge in [0.25, 0.3) is 5.91 Å². The molecule has 0 atom stereocenters. The molecule has 0 aliphatic carbocycles. The summed E-state index contributed by atoms with van der Waals surface area (Å²) >= 11 is 0. The Hall–Kier alpha value is -3.47. The number of fused-ring (bicyclic) bond motifs is 1. The maximum atomic E-state index is 12.6. The number of aromatic nitrogens is 3. The summed E-state index contributed by atoms with van der Waals surface area (Å²) in [5.41, 5.74) is 2.45. The number of anilines is 1. The molecule has 0 fully saturated rings. The van der Waals surface area contributed by atoms with Gasteiger partial charge >= 0.3 is 0 Å². The van der Waals surface area contributed by atoms with E-state index in [2.05, 4.69) is 15.5 Å². The third kappa shape index (κ3) is 2.99. The molecule has 3 aromatic carbocycles. The van der Waals surface area contributed by atoms with Gasteiger partial charge in [-0.25, -0.2) is 0 Å². The highest BCUT2D eigenvalue weighted by Crippen LogP contribution is 2.19. The Bertz CT molecular complexity index is 1050. The van der Waals surface area contributed by atoms with Crippen molar-refractivity contribution in [2.24, 2.45) is 0 Å². The summed E-state index contributed by atoms with van der Waals surface area (Å²) in [4.78, 5) is 14.1. The number of rotatable bonds is 3. The molecule has 1 heterocycles. The zero-order valence-corrected chi connectivity index (χ0v) is 13.7. The Morgan fingerprint density at radius 1 is 0.880 bits per heavy atom. The second kappa shape index (κ2) is 6.20. The van der Waals surface area contributed by atoms with Gasteiger partial charge in [0.2, 0.25) is 0 Å². The van der Waals surface area contributed by atoms with Crippen molar-refractivity contribution in [2.45, 2.75) is 6.92 Å². The van der Waals surface area contributed by atoms with E-state index < -0.39 is 0 Å². The normalized spacial score (nSPS) is 10.8. The number of nitrogens with one attached hydrogen (secondary N) is 1. The monoisotopic (exact) mass is 328 g/mol. The first kappa shape index (κ1) is 15.1. The molecule has 5 nitrogen and oxygen atoms in total. The first-order valence-corrected chi connectivity index (χ1v) is 8.00. The van der Waals surface area contributed by atoms with E-state index in [1.165, 1.54) is 4.80 Å². The number of carbonyl (C=O) groups excluding carboxylic acids is 1. The van der Waals surface area contributed by atoms with E-state index in [9.17, 15) is 4.79 Å². The molecule has 0 radical (unpaired) electrons. The molecular formula is C20H16N4O. The Balaban J connectivity index is 1.61. The molecule has 1 aromatic heterocycles. The van der Waals surface area contributed by atoms with Gasteiger partial charge in [-0.15, -0.1) is 5.10 Å². The van der Waals surface area contributed by atoms with E-state index in [1.54, 1.807) is 6.92 Å². The minimum atomic E-state index is -0.269. The summed E-state index contributed by atoms with van der Waals surface area (Å²) in [5, 5.41) is 13.8. The zero-order valence-electron chi connectivity index (χ0n) is 13.7. The highest BCUT2D eigenvalue weighted by Gasteiger charge is 2.16. The number of nitrogens with zero attached hydrogens (tertiary/aromatic N) is 3. The minimum absolute atomic E-state index is 0.269. The molecule has 0 aliphatic rings. The largest absolute Gasteiger partial charge is 0.321 e. The number of amides is 1. The standard InChI is InChI=1S/C20H16N4O/c1-14-19(23-24(22-14)18-9-3-2-4-10-18)20(25)21-17-12-11-15-7-5-6-8-16(15)13-17/h2-13H,1H3,(H,21,25). The van der Waals surface area contributed by atoms with Crippen LogP contribution in [-0.2, 0) is 0 Å². The van der Waals surface area contributed by atoms with Crippen LogP contribution in [0.2, 0.25) is 0 Å². The lowest BCUT2D eigenvalue weighted by atomic mass is 10.1. The van der Waals surface area contributed by atoms with Crippen LogP contribution in [0.15, 0.2) is 72.8 Å². The molecule has 0 aliphatic heterocycles. The van der Waals surface area contributed by atoms with Gasteiger partial charge in [-0.1, -0.05) is 48.5 Å². The van der Waals surface area contributed by atoms with Crippen LogP contribution < -0.4 is 5.32 Å². The average Bonchev–Trinajstić information content (AvgIpc) is 3.04. The van der Waals surface area contributed by atoms with E-state index >= 15 is 0 Å². The maximum Gasteiger partial charge on any atom is 0.278 e. The Morgan fingerprint density at radius 2 is 1.60 bits per heavy atom. The number of para-hydroxylation sites is 1. The van der Waals surface area contributed by atoms with Gasteiger partial charge in [0, 0.05) is 5.69 Å². The van der Waals surface area contributed by atoms with Crippen LogP contribution in [0.3, 0.4) is 0 Å². The van der Waals surface area contributed by atoms with Gasteiger partial charge in [-0.3, -0.25) is 4.79 Å². The van der Waals surface area contributed by atoms with Gasteiger partial charge in [-0.05, 0) is 42.0 Å². The highest BCUT2D eigenvalue weighted by atomic mass is 16.2. The molecule has 25 heavy (non-hydrogen) atoms. The maximum absolute atomic E-state index is 12.6. The third-order valence-electron chi connectivity index (χ3n) is 3.99. The molecular weight excluding hydrogens is 312 g/mol. The molecule has 0 bridgehead atoms. The molecule has 1 amide bonds. The first-order chi connectivity index (χ1) is 12.2. The lowest BCUT2D eigenvalue weighted by Gasteiger charge is -2.05. The second-order valence-corrected chi connectivity index (χ2v) is 5.78. The molecule has 0 spiro atoms. The summed E-state index contributed by atoms with van der Waals surface area (Å²) in [5.74, 6) is -0.269. The fraction of sp³-hybridized carbons (Fsp3) is 0.0500. The summed E-state index contributed by atoms with van der Waals surface area (Å²) in [6.07, 6.45) is 0. The summed E-state index contributed by atoms with van der Waals surface area (Å²) in [6, 6.07) is 23.4. The molecule has 5 heteroatoms. The highest BCUT2D eigenvalue weighted by molar-refractivity contribution is 6.04. The molecule has 0 unspecified atom stereocenters. The lowest BCUT2D eigenvalue weighted by Crippen LogP contribution is -2.14. The van der Waals surface area contributed by atoms with Crippen molar-refractivity contribution in [3.8, 4) is 5.69 Å². The van der Waals surface area contributed by atoms with Crippen LogP contribution >= 0.6 is 0 Å². The predicted molar refractivity (Wildman–Crippen MR) is 98.0 cm³/mol. The summed E-state index contributed by atoms with van der Waals surface area (Å²) in [6.45, 7) is 1.78. The quantitative estimate of drug-likeness (QED) is 0.619. The molecule has 1 N–H and O–H groups in total. The number of benzene rings is 3. The summed E-state index contributed by atoms with van der Waals surface area (Å²) < 4.78 is 0. The van der Waals surface area contributed by atoms with Crippen molar-refractivity contribution in [1.29, 1.82) is 0 Å². The first-order valence-electron chi connectivity index (χ1n) is 8.00. The molecule has 122 valence electrons. The predicted octanol–water partition coefficient (Wildman–Crippen LogP) is 3.98. The van der Waals surface area contributed by atoms with Crippen molar-refractivity contribution in [1.82, 2.24) is 15.0 Å². The topological polar surface area (TPSA) is 59.8 Å². The molecule has 4 rings (SSSR count). The van der Waals surface area contributed by atoms with Crippen molar-refractivity contribution in [3.63, 3.8) is 0 Å². The Morgan fingerprint density at radius 3 is 2.40 bits per heavy atom. The van der Waals surface area contributed by atoms with Crippen LogP contribution in [0.5, 0.6) is 0 Å². The minimum Gasteiger partial charge on any atom is -0.321 e. The van der Waals surface area contributed by atoms with Gasteiger partial charge in [0.05, 0.1) is 11.4 Å². The van der Waals surface area contributed by atoms with Gasteiger partial charge in [0.1, 0.15) is 0 Å². The van der Waals surface area contributed by atoms with E-state index in [0.29, 0.717) is 11.4 Å². The Labute approximate surface area is 144 Å². The average molecular weight is 328 g/mol. The van der Waals surface area contributed by atoms with Crippen LogP contribution in [-0.4, -0.2) is 20.9 Å². The second-order valence-electron chi connectivity index (χ2n) is 5.78. The SMILES string of the molecule is Cc1nn(-c2ccccc2)nc1C(=O)Nc1ccc2ccccc2c1. The molecule has 0 saturated heterocycles. The van der Waals surface area contributed by atoms with E-state index in [1.807, 2.05) is 72.8 Å². The van der Waals surface area contributed by atoms with Crippen molar-refractivity contribution in [3.05, 3.63) is 84.2 Å². The van der Waals surface area contributed by atoms with Gasteiger partial charge < -0.3 is 5.32 Å². The zero-order chi connectivity index (χ0) is 17.2. The van der Waals surface area contributed by atoms with Crippen molar-refractivity contribution < 1.29 is 4.79 Å². The van der Waals surface area contributed by atoms with E-state index in [4.69, 9.17) is 0 Å². The smallest absolute Gasteiger partial charge is 0.278 e. The number of aryl methyl sites for hydroxylation is 1. The van der Waals surface area contributed by atoms with Crippen LogP contribution in [0, 0.1) is 6.92 Å². The fourth-order valence-electron chi connectivity index (χ4n) is 2.72. The fourth-order valence-corrected chi connectivity index (χ4v) is 2.72. The molecule has 4 aromatic rings. The number of carbonyl (C=O) groups is 1. The van der Waals surface area contributed by atoms with E-state index in [-0.39, 0.29) is 5.91 Å². The summed E-state index contributed by atoms with van der Waals surface area (Å²) in [7, 11) is 0. The van der Waals surface area contributed by atoms with Crippen LogP contribution in [0.25, 0.3) is 16.5 Å². The lowest BCUT2D eigenvalue weighted by molar-refractivity contribution is 0.102. The van der Waals surface area contributed by atoms with Crippen LogP contribution in [0.4, 0.5) is 5.69 Å². The van der Waals surface area contributed by atoms with Crippen molar-refractivity contribution in [2.75, 3.05) is 5.32 Å². The van der Waals surface area contributed by atoms with Crippen LogP contribution in [0.1, 0.15) is 16.2 Å². The van der Waals surface area contributed by atoms with Gasteiger partial charge in [-0.2, -0.15) is 9.90 Å². The number of hydrogen-bond acceptors (Lipinski definition) is 3. The molecule has 0 saturated carbocycles. The van der Waals surface area contributed by atoms with E-state index in [0.717, 1.165) is 22.1 Å². The third-order valence-corrected chi connectivity index (χ3v) is 3.99. The van der Waals surface area contributed by atoms with Gasteiger partial charge in [0.15, 0.2) is 5.69 Å².